The van der Waals surface area contributed by atoms with Crippen LogP contribution in [-0.4, -0.2) is 24.3 Å². The Balaban J connectivity index is 2.25. The van der Waals surface area contributed by atoms with Crippen LogP contribution in [0.4, 0.5) is 4.39 Å². The molecule has 0 aliphatic heterocycles. The van der Waals surface area contributed by atoms with Crippen molar-refractivity contribution in [3.05, 3.63) is 56.8 Å². The fourth-order valence-corrected chi connectivity index (χ4v) is 3.58. The van der Waals surface area contributed by atoms with Gasteiger partial charge in [-0.05, 0) is 54.7 Å². The number of esters is 1. The Labute approximate surface area is 167 Å². The molecule has 0 aliphatic rings. The van der Waals surface area contributed by atoms with Gasteiger partial charge in [-0.15, -0.1) is 0 Å². The van der Waals surface area contributed by atoms with Crippen LogP contribution < -0.4 is 4.74 Å². The molecule has 1 N–H and O–H groups in total. The fraction of sp³-hybridized carbons (Fsp3) is 0.381. The van der Waals surface area contributed by atoms with Gasteiger partial charge in [0.05, 0.1) is 6.61 Å². The first-order chi connectivity index (χ1) is 12.7. The summed E-state index contributed by atoms with van der Waals surface area (Å²) in [7, 11) is 0. The number of aryl methyl sites for hydroxylation is 1. The van der Waals surface area contributed by atoms with E-state index >= 15 is 0 Å². The van der Waals surface area contributed by atoms with E-state index in [1.165, 1.54) is 6.07 Å². The highest BCUT2D eigenvalue weighted by Crippen LogP contribution is 2.34. The van der Waals surface area contributed by atoms with Gasteiger partial charge in [-0.25, -0.2) is 9.18 Å². The summed E-state index contributed by atoms with van der Waals surface area (Å²) in [5.74, 6) is -0.412. The predicted octanol–water partition coefficient (Wildman–Crippen LogP) is 5.26. The number of phenolic OH excluding ortho intramolecular Hbond substituents is 1. The van der Waals surface area contributed by atoms with Gasteiger partial charge in [0.15, 0.2) is 6.61 Å². The number of hydrogen-bond donors (Lipinski definition) is 1. The zero-order valence-electron chi connectivity index (χ0n) is 15.9. The SMILES string of the molecule is CCOC(=O)COc1cc(C)c(Cc2ccc(O)c(C(C)C)c2F)c(Br)c1. The molecule has 2 rings (SSSR count). The summed E-state index contributed by atoms with van der Waals surface area (Å²) in [4.78, 5) is 11.4. The second-order valence-corrected chi connectivity index (χ2v) is 7.45. The number of halogens is 2. The van der Waals surface area contributed by atoms with E-state index in [1.807, 2.05) is 20.8 Å². The highest BCUT2D eigenvalue weighted by Gasteiger charge is 2.18. The van der Waals surface area contributed by atoms with Gasteiger partial charge in [0.25, 0.3) is 0 Å². The molecule has 0 saturated heterocycles. The average molecular weight is 439 g/mol. The van der Waals surface area contributed by atoms with Crippen molar-refractivity contribution < 1.29 is 23.8 Å². The van der Waals surface area contributed by atoms with Crippen LogP contribution in [0.5, 0.6) is 11.5 Å². The first-order valence-electron chi connectivity index (χ1n) is 8.82. The van der Waals surface area contributed by atoms with Gasteiger partial charge in [0, 0.05) is 16.5 Å². The summed E-state index contributed by atoms with van der Waals surface area (Å²) < 4.78 is 25.9. The third-order valence-corrected chi connectivity index (χ3v) is 4.94. The van der Waals surface area contributed by atoms with Crippen LogP contribution in [0.15, 0.2) is 28.7 Å². The molecule has 146 valence electrons. The van der Waals surface area contributed by atoms with Gasteiger partial charge >= 0.3 is 5.97 Å². The van der Waals surface area contributed by atoms with Crippen molar-refractivity contribution in [3.63, 3.8) is 0 Å². The molecule has 6 heteroatoms. The van der Waals surface area contributed by atoms with Crippen molar-refractivity contribution in [1.29, 1.82) is 0 Å². The lowest BCUT2D eigenvalue weighted by atomic mass is 9.94. The number of phenols is 1. The Hall–Kier alpha value is -2.08. The Bertz CT molecular complexity index is 810. The van der Waals surface area contributed by atoms with Crippen LogP contribution in [0.1, 0.15) is 48.9 Å². The van der Waals surface area contributed by atoms with Gasteiger partial charge in [0.1, 0.15) is 17.3 Å². The number of ether oxygens (including phenoxy) is 2. The maximum Gasteiger partial charge on any atom is 0.344 e. The minimum atomic E-state index is -0.428. The second-order valence-electron chi connectivity index (χ2n) is 6.60. The van der Waals surface area contributed by atoms with Crippen LogP contribution in [0.25, 0.3) is 0 Å². The minimum Gasteiger partial charge on any atom is -0.508 e. The van der Waals surface area contributed by atoms with Crippen molar-refractivity contribution in [2.45, 2.75) is 40.0 Å². The lowest BCUT2D eigenvalue weighted by molar-refractivity contribution is -0.145. The number of benzene rings is 2. The van der Waals surface area contributed by atoms with Crippen molar-refractivity contribution >= 4 is 21.9 Å². The molecular formula is C21H24BrFO4. The molecule has 2 aromatic rings. The maximum absolute atomic E-state index is 14.8. The first-order valence-corrected chi connectivity index (χ1v) is 9.61. The van der Waals surface area contributed by atoms with Crippen LogP contribution in [0.2, 0.25) is 0 Å². The minimum absolute atomic E-state index is 0.0234. The number of hydrogen-bond acceptors (Lipinski definition) is 4. The lowest BCUT2D eigenvalue weighted by Crippen LogP contribution is -2.14. The Morgan fingerprint density at radius 2 is 2.00 bits per heavy atom. The molecule has 27 heavy (non-hydrogen) atoms. The van der Waals surface area contributed by atoms with Gasteiger partial charge in [-0.2, -0.15) is 0 Å². The quantitative estimate of drug-likeness (QED) is 0.599. The van der Waals surface area contributed by atoms with Gasteiger partial charge < -0.3 is 14.6 Å². The van der Waals surface area contributed by atoms with E-state index in [-0.39, 0.29) is 24.1 Å². The molecule has 0 aromatic heterocycles. The standard InChI is InChI=1S/C21H24BrFO4/c1-5-26-19(25)11-27-15-8-13(4)16(17(22)10-15)9-14-6-7-18(24)20(12(2)3)21(14)23/h6-8,10,12,24H,5,9,11H2,1-4H3. The van der Waals surface area contributed by atoms with Crippen LogP contribution in [-0.2, 0) is 16.0 Å². The van der Waals surface area contributed by atoms with Crippen LogP contribution >= 0.6 is 15.9 Å². The molecule has 0 spiro atoms. The van der Waals surface area contributed by atoms with E-state index in [0.717, 1.165) is 15.6 Å². The molecule has 0 amide bonds. The molecule has 0 heterocycles. The van der Waals surface area contributed by atoms with Crippen molar-refractivity contribution in [2.75, 3.05) is 13.2 Å². The lowest BCUT2D eigenvalue weighted by Gasteiger charge is -2.16. The number of aromatic hydroxyl groups is 1. The van der Waals surface area contributed by atoms with Gasteiger partial charge in [-0.3, -0.25) is 0 Å². The zero-order valence-corrected chi connectivity index (χ0v) is 17.5. The van der Waals surface area contributed by atoms with E-state index in [2.05, 4.69) is 15.9 Å². The summed E-state index contributed by atoms with van der Waals surface area (Å²) in [6.07, 6.45) is 0.371. The van der Waals surface area contributed by atoms with E-state index < -0.39 is 5.97 Å². The summed E-state index contributed by atoms with van der Waals surface area (Å²) in [5, 5.41) is 9.94. The van der Waals surface area contributed by atoms with Gasteiger partial charge in [-0.1, -0.05) is 35.8 Å². The maximum atomic E-state index is 14.8. The van der Waals surface area contributed by atoms with Crippen molar-refractivity contribution in [3.8, 4) is 11.5 Å². The van der Waals surface area contributed by atoms with Crippen molar-refractivity contribution in [2.24, 2.45) is 0 Å². The van der Waals surface area contributed by atoms with E-state index in [1.54, 1.807) is 25.1 Å². The summed E-state index contributed by atoms with van der Waals surface area (Å²) >= 11 is 3.51. The zero-order chi connectivity index (χ0) is 20.1. The Kier molecular flexibility index (Phi) is 7.25. The summed E-state index contributed by atoms with van der Waals surface area (Å²) in [6.45, 7) is 7.47. The second kappa shape index (κ2) is 9.22. The topological polar surface area (TPSA) is 55.8 Å². The monoisotopic (exact) mass is 438 g/mol. The summed E-state index contributed by atoms with van der Waals surface area (Å²) in [5.41, 5.74) is 2.66. The molecular weight excluding hydrogens is 415 g/mol. The third kappa shape index (κ3) is 5.22. The van der Waals surface area contributed by atoms with E-state index in [9.17, 15) is 14.3 Å². The molecule has 0 aliphatic carbocycles. The molecule has 4 nitrogen and oxygen atoms in total. The molecule has 0 bridgehead atoms. The third-order valence-electron chi connectivity index (χ3n) is 4.24. The number of carbonyl (C=O) groups is 1. The molecule has 0 unspecified atom stereocenters. The predicted molar refractivity (Wildman–Crippen MR) is 106 cm³/mol. The molecule has 0 fully saturated rings. The highest BCUT2D eigenvalue weighted by atomic mass is 79.9. The molecule has 2 aromatic carbocycles. The normalized spacial score (nSPS) is 10.9. The Morgan fingerprint density at radius 1 is 1.30 bits per heavy atom. The van der Waals surface area contributed by atoms with Crippen LogP contribution in [0.3, 0.4) is 0 Å². The number of carbonyl (C=O) groups excluding carboxylic acids is 1. The van der Waals surface area contributed by atoms with Crippen LogP contribution in [0, 0.1) is 12.7 Å². The molecule has 0 atom stereocenters. The van der Waals surface area contributed by atoms with Crippen molar-refractivity contribution in [1.82, 2.24) is 0 Å². The highest BCUT2D eigenvalue weighted by molar-refractivity contribution is 9.10. The van der Waals surface area contributed by atoms with E-state index in [4.69, 9.17) is 9.47 Å². The van der Waals surface area contributed by atoms with E-state index in [0.29, 0.717) is 29.9 Å². The summed E-state index contributed by atoms with van der Waals surface area (Å²) in [6, 6.07) is 6.70. The first kappa shape index (κ1) is 21.2. The largest absolute Gasteiger partial charge is 0.508 e. The smallest absolute Gasteiger partial charge is 0.344 e. The fourth-order valence-electron chi connectivity index (χ4n) is 2.90. The molecule has 0 radical (unpaired) electrons. The Morgan fingerprint density at radius 3 is 2.59 bits per heavy atom. The van der Waals surface area contributed by atoms with Gasteiger partial charge in [0.2, 0.25) is 0 Å². The number of rotatable bonds is 7. The average Bonchev–Trinajstić information content (AvgIpc) is 2.58. The molecule has 0 saturated carbocycles.